The number of aromatic hydroxyl groups is 1. The number of aliphatic carboxylic acids is 1. The van der Waals surface area contributed by atoms with E-state index < -0.39 is 11.6 Å². The number of carbonyl (C=O) groups excluding carboxylic acids is 1. The average molecular weight is 467 g/mol. The first-order chi connectivity index (χ1) is 16.2. The van der Waals surface area contributed by atoms with Crippen LogP contribution in [0.1, 0.15) is 38.4 Å². The van der Waals surface area contributed by atoms with Gasteiger partial charge >= 0.3 is 5.97 Å². The summed E-state index contributed by atoms with van der Waals surface area (Å²) in [6.07, 6.45) is 1.36. The van der Waals surface area contributed by atoms with Crippen LogP contribution in [0.2, 0.25) is 0 Å². The van der Waals surface area contributed by atoms with Gasteiger partial charge in [0.2, 0.25) is 5.91 Å². The fraction of sp³-hybridized carbons (Fsp3) is 0.462. The molecule has 0 bridgehead atoms. The number of phenols is 1. The van der Waals surface area contributed by atoms with E-state index in [4.69, 9.17) is 9.47 Å². The molecular formula is C26H30N2O6. The summed E-state index contributed by atoms with van der Waals surface area (Å²) in [6.45, 7) is 4.47. The zero-order valence-electron chi connectivity index (χ0n) is 19.4. The number of anilines is 1. The van der Waals surface area contributed by atoms with Crippen molar-refractivity contribution in [2.45, 2.75) is 50.5 Å². The van der Waals surface area contributed by atoms with Crippen molar-refractivity contribution in [3.05, 3.63) is 54.1 Å². The van der Waals surface area contributed by atoms with Crippen molar-refractivity contribution < 1.29 is 29.3 Å². The minimum atomic E-state index is -1.05. The van der Waals surface area contributed by atoms with Gasteiger partial charge in [-0.3, -0.25) is 14.5 Å². The van der Waals surface area contributed by atoms with Crippen molar-refractivity contribution in [1.82, 2.24) is 4.90 Å². The zero-order valence-corrected chi connectivity index (χ0v) is 19.4. The van der Waals surface area contributed by atoms with Crippen molar-refractivity contribution in [2.24, 2.45) is 5.92 Å². The summed E-state index contributed by atoms with van der Waals surface area (Å²) in [5.74, 6) is -0.644. The normalized spacial score (nSPS) is 27.1. The first-order valence-corrected chi connectivity index (χ1v) is 11.7. The van der Waals surface area contributed by atoms with E-state index >= 15 is 0 Å². The van der Waals surface area contributed by atoms with E-state index in [1.54, 1.807) is 30.3 Å². The minimum absolute atomic E-state index is 0.0365. The van der Waals surface area contributed by atoms with Crippen molar-refractivity contribution in [3.63, 3.8) is 0 Å². The van der Waals surface area contributed by atoms with Crippen molar-refractivity contribution in [3.8, 4) is 11.5 Å². The maximum absolute atomic E-state index is 13.2. The number of carboxylic acid groups (broad SMARTS) is 1. The number of amides is 1. The Morgan fingerprint density at radius 3 is 2.65 bits per heavy atom. The van der Waals surface area contributed by atoms with E-state index in [1.807, 2.05) is 32.0 Å². The number of rotatable bonds is 5. The molecule has 3 heterocycles. The Balaban J connectivity index is 1.36. The fourth-order valence-corrected chi connectivity index (χ4v) is 5.69. The second-order valence-corrected chi connectivity index (χ2v) is 9.87. The first-order valence-electron chi connectivity index (χ1n) is 11.7. The monoisotopic (exact) mass is 466 g/mol. The molecule has 34 heavy (non-hydrogen) atoms. The lowest BCUT2D eigenvalue weighted by molar-refractivity contribution is -0.163. The first kappa shape index (κ1) is 22.7. The maximum atomic E-state index is 13.2. The number of phenolic OH excluding ortho intramolecular Hbond substituents is 1. The second kappa shape index (κ2) is 8.60. The number of carbonyl (C=O) groups is 2. The summed E-state index contributed by atoms with van der Waals surface area (Å²) in [5, 5.41) is 19.7. The molecule has 8 nitrogen and oxygen atoms in total. The number of carboxylic acids is 1. The molecule has 2 aromatic rings. The lowest BCUT2D eigenvalue weighted by Crippen LogP contribution is -2.55. The van der Waals surface area contributed by atoms with Gasteiger partial charge in [-0.05, 0) is 44.9 Å². The van der Waals surface area contributed by atoms with E-state index in [2.05, 4.69) is 4.90 Å². The molecular weight excluding hydrogens is 436 g/mol. The topological polar surface area (TPSA) is 99.5 Å². The van der Waals surface area contributed by atoms with Gasteiger partial charge in [-0.1, -0.05) is 30.3 Å². The molecule has 0 radical (unpaired) electrons. The summed E-state index contributed by atoms with van der Waals surface area (Å²) < 4.78 is 12.8. The molecule has 0 aliphatic carbocycles. The van der Waals surface area contributed by atoms with Gasteiger partial charge in [-0.2, -0.15) is 0 Å². The lowest BCUT2D eigenvalue weighted by atomic mass is 9.74. The van der Waals surface area contributed by atoms with Gasteiger partial charge in [-0.15, -0.1) is 0 Å². The molecule has 0 unspecified atom stereocenters. The Morgan fingerprint density at radius 2 is 1.91 bits per heavy atom. The van der Waals surface area contributed by atoms with E-state index in [0.717, 1.165) is 18.4 Å². The number of para-hydroxylation sites is 2. The quantitative estimate of drug-likeness (QED) is 0.698. The SMILES string of the molecule is CC1(C)Oc2c(O)cccc2[C@@H]2O[C@@H]3CCN(CC(=O)N(CC(=O)O)c4ccccc4)[C@@H]3C[C@H]21. The lowest BCUT2D eigenvalue weighted by Gasteiger charge is -2.50. The number of likely N-dealkylation sites (tertiary alicyclic amines) is 1. The van der Waals surface area contributed by atoms with Crippen LogP contribution in [-0.2, 0) is 14.3 Å². The van der Waals surface area contributed by atoms with Crippen LogP contribution in [0.3, 0.4) is 0 Å². The molecule has 3 aliphatic heterocycles. The molecule has 1 amide bonds. The molecule has 4 atom stereocenters. The van der Waals surface area contributed by atoms with E-state index in [9.17, 15) is 19.8 Å². The number of benzene rings is 2. The number of hydrogen-bond donors (Lipinski definition) is 2. The molecule has 2 saturated heterocycles. The number of ether oxygens (including phenoxy) is 2. The Kier molecular flexibility index (Phi) is 5.73. The number of nitrogens with zero attached hydrogens (tertiary/aromatic N) is 2. The Hall–Kier alpha value is -3.10. The van der Waals surface area contributed by atoms with Crippen LogP contribution in [0.25, 0.3) is 0 Å². The van der Waals surface area contributed by atoms with Crippen molar-refractivity contribution >= 4 is 17.6 Å². The molecule has 0 aromatic heterocycles. The van der Waals surface area contributed by atoms with Gasteiger partial charge in [0, 0.05) is 29.8 Å². The molecule has 2 fully saturated rings. The molecule has 2 N–H and O–H groups in total. The van der Waals surface area contributed by atoms with Crippen LogP contribution < -0.4 is 9.64 Å². The minimum Gasteiger partial charge on any atom is -0.504 e. The molecule has 0 saturated carbocycles. The maximum Gasteiger partial charge on any atom is 0.323 e. The largest absolute Gasteiger partial charge is 0.504 e. The highest BCUT2D eigenvalue weighted by Gasteiger charge is 2.53. The molecule has 0 spiro atoms. The smallest absolute Gasteiger partial charge is 0.323 e. The van der Waals surface area contributed by atoms with Crippen LogP contribution in [-0.4, -0.2) is 64.4 Å². The van der Waals surface area contributed by atoms with Crippen LogP contribution >= 0.6 is 0 Å². The Bertz CT molecular complexity index is 1090. The average Bonchev–Trinajstić information content (AvgIpc) is 3.19. The highest BCUT2D eigenvalue weighted by molar-refractivity contribution is 5.98. The third-order valence-corrected chi connectivity index (χ3v) is 7.37. The third kappa shape index (κ3) is 4.01. The molecule has 5 rings (SSSR count). The summed E-state index contributed by atoms with van der Waals surface area (Å²) in [6, 6.07) is 14.3. The van der Waals surface area contributed by atoms with Gasteiger partial charge in [0.1, 0.15) is 12.1 Å². The van der Waals surface area contributed by atoms with E-state index in [0.29, 0.717) is 18.0 Å². The van der Waals surface area contributed by atoms with Crippen LogP contribution in [0.4, 0.5) is 5.69 Å². The molecule has 2 aromatic carbocycles. The summed E-state index contributed by atoms with van der Waals surface area (Å²) >= 11 is 0. The van der Waals surface area contributed by atoms with Crippen molar-refractivity contribution in [2.75, 3.05) is 24.5 Å². The number of hydrogen-bond acceptors (Lipinski definition) is 6. The van der Waals surface area contributed by atoms with E-state index in [1.165, 1.54) is 4.90 Å². The highest BCUT2D eigenvalue weighted by Crippen LogP contribution is 2.54. The van der Waals surface area contributed by atoms with Crippen LogP contribution in [0.5, 0.6) is 11.5 Å². The zero-order chi connectivity index (χ0) is 24.0. The molecule has 3 aliphatic rings. The Labute approximate surface area is 198 Å². The van der Waals surface area contributed by atoms with Gasteiger partial charge in [0.15, 0.2) is 11.5 Å². The predicted octanol–water partition coefficient (Wildman–Crippen LogP) is 3.20. The third-order valence-electron chi connectivity index (χ3n) is 7.37. The fourth-order valence-electron chi connectivity index (χ4n) is 5.69. The molecule has 180 valence electrons. The van der Waals surface area contributed by atoms with Gasteiger partial charge in [0.25, 0.3) is 0 Å². The van der Waals surface area contributed by atoms with Gasteiger partial charge < -0.3 is 24.6 Å². The Morgan fingerprint density at radius 1 is 1.15 bits per heavy atom. The number of fused-ring (bicyclic) bond motifs is 4. The van der Waals surface area contributed by atoms with Crippen LogP contribution in [0.15, 0.2) is 48.5 Å². The summed E-state index contributed by atoms with van der Waals surface area (Å²) in [5.41, 5.74) is 0.886. The summed E-state index contributed by atoms with van der Waals surface area (Å²) in [7, 11) is 0. The highest BCUT2D eigenvalue weighted by atomic mass is 16.5. The van der Waals surface area contributed by atoms with Gasteiger partial charge in [0.05, 0.1) is 18.8 Å². The van der Waals surface area contributed by atoms with Crippen LogP contribution in [0, 0.1) is 5.92 Å². The second-order valence-electron chi connectivity index (χ2n) is 9.87. The van der Waals surface area contributed by atoms with Gasteiger partial charge in [-0.25, -0.2) is 0 Å². The standard InChI is InChI=1S/C26H30N2O6/c1-26(2)18-13-19-21(33-24(18)17-9-6-10-20(29)25(17)34-26)11-12-27(19)14-22(30)28(15-23(31)32)16-7-4-3-5-8-16/h3-10,18-19,21,24,29H,11-15H2,1-2H3,(H,31,32)/t18-,19-,21-,24+/m1/s1. The van der Waals surface area contributed by atoms with Crippen molar-refractivity contribution in [1.29, 1.82) is 0 Å². The predicted molar refractivity (Wildman–Crippen MR) is 125 cm³/mol. The molecule has 8 heteroatoms. The van der Waals surface area contributed by atoms with E-state index in [-0.39, 0.29) is 48.9 Å². The summed E-state index contributed by atoms with van der Waals surface area (Å²) in [4.78, 5) is 28.1.